The number of amides is 2. The van der Waals surface area contributed by atoms with Crippen molar-refractivity contribution in [2.75, 3.05) is 29.6 Å². The summed E-state index contributed by atoms with van der Waals surface area (Å²) in [5.74, 6) is -1.51. The van der Waals surface area contributed by atoms with Crippen LogP contribution in [0.4, 0.5) is 26.0 Å². The molecule has 4 rings (SSSR count). The molecule has 0 saturated heterocycles. The van der Waals surface area contributed by atoms with E-state index in [1.165, 1.54) is 6.07 Å². The molecule has 2 amide bonds. The Bertz CT molecular complexity index is 1440. The highest BCUT2D eigenvalue weighted by Crippen LogP contribution is 2.28. The zero-order chi connectivity index (χ0) is 27.6. The molecule has 4 aromatic rings. The Morgan fingerprint density at radius 3 is 2.54 bits per heavy atom. The first-order valence-corrected chi connectivity index (χ1v) is 12.1. The molecule has 0 aliphatic rings. The minimum absolute atomic E-state index is 0.00929. The summed E-state index contributed by atoms with van der Waals surface area (Å²) < 4.78 is 32.8. The molecule has 3 aromatic carbocycles. The maximum absolute atomic E-state index is 13.5. The highest BCUT2D eigenvalue weighted by atomic mass is 19.2. The number of aromatic nitrogens is 1. The quantitative estimate of drug-likeness (QED) is 0.189. The summed E-state index contributed by atoms with van der Waals surface area (Å²) in [4.78, 5) is 28.4. The molecule has 0 bridgehead atoms. The fourth-order valence-corrected chi connectivity index (χ4v) is 3.90. The number of carbonyl (C=O) groups is 2. The normalized spacial score (nSPS) is 11.3. The topological polar surface area (TPSA) is 104 Å². The van der Waals surface area contributed by atoms with E-state index in [9.17, 15) is 18.4 Å². The molecule has 1 unspecified atom stereocenters. The van der Waals surface area contributed by atoms with E-state index >= 15 is 0 Å². The van der Waals surface area contributed by atoms with Crippen molar-refractivity contribution in [1.29, 1.82) is 0 Å². The number of nitrogens with zero attached hydrogens (tertiary/aromatic N) is 1. The molecule has 8 nitrogen and oxygen atoms in total. The third kappa shape index (κ3) is 7.07. The summed E-state index contributed by atoms with van der Waals surface area (Å²) in [6.45, 7) is 0.186. The van der Waals surface area contributed by atoms with Crippen LogP contribution in [0.5, 0.6) is 5.75 Å². The van der Waals surface area contributed by atoms with Crippen molar-refractivity contribution < 1.29 is 23.1 Å². The summed E-state index contributed by atoms with van der Waals surface area (Å²) in [5.41, 5.74) is 2.90. The summed E-state index contributed by atoms with van der Waals surface area (Å²) in [5, 5.41) is 11.7. The minimum atomic E-state index is -0.981. The average molecular weight is 532 g/mol. The largest absolute Gasteiger partial charge is 0.491 e. The fourth-order valence-electron chi connectivity index (χ4n) is 3.90. The van der Waals surface area contributed by atoms with Crippen molar-refractivity contribution >= 4 is 29.5 Å². The van der Waals surface area contributed by atoms with Crippen molar-refractivity contribution in [3.05, 3.63) is 113 Å². The molecule has 0 aliphatic carbocycles. The van der Waals surface area contributed by atoms with Gasteiger partial charge in [-0.2, -0.15) is 0 Å². The van der Waals surface area contributed by atoms with Gasteiger partial charge in [0.1, 0.15) is 18.2 Å². The molecule has 0 radical (unpaired) electrons. The number of rotatable bonds is 12. The number of hydrogen-bond acceptors (Lipinski definition) is 6. The molecule has 39 heavy (non-hydrogen) atoms. The lowest BCUT2D eigenvalue weighted by molar-refractivity contribution is -0.105. The lowest BCUT2D eigenvalue weighted by Crippen LogP contribution is -2.26. The van der Waals surface area contributed by atoms with Gasteiger partial charge in [-0.15, -0.1) is 0 Å². The van der Waals surface area contributed by atoms with Gasteiger partial charge in [-0.25, -0.2) is 13.8 Å². The van der Waals surface area contributed by atoms with Gasteiger partial charge < -0.3 is 26.0 Å². The number of nitrogens with one attached hydrogen (secondary N) is 4. The highest BCUT2D eigenvalue weighted by molar-refractivity contribution is 5.98. The maximum atomic E-state index is 13.5. The maximum Gasteiger partial charge on any atom is 0.255 e. The molecule has 0 fully saturated rings. The first-order chi connectivity index (χ1) is 19.0. The number of carbonyl (C=O) groups excluding carboxylic acids is 2. The molecular formula is C29H27F2N5O3. The van der Waals surface area contributed by atoms with Crippen LogP contribution in [-0.4, -0.2) is 31.0 Å². The van der Waals surface area contributed by atoms with Crippen LogP contribution in [0, 0.1) is 11.6 Å². The Balaban J connectivity index is 1.52. The minimum Gasteiger partial charge on any atom is -0.491 e. The molecule has 1 aromatic heterocycles. The van der Waals surface area contributed by atoms with E-state index in [1.54, 1.807) is 43.6 Å². The van der Waals surface area contributed by atoms with Crippen molar-refractivity contribution in [3.63, 3.8) is 0 Å². The Morgan fingerprint density at radius 1 is 0.974 bits per heavy atom. The molecule has 0 saturated carbocycles. The monoisotopic (exact) mass is 531 g/mol. The molecule has 0 spiro atoms. The standard InChI is InChI=1S/C29H27F2N5O3/c1-32-25-12-10-21(15-26(25)35-18-37)39-17-27(20-6-3-2-4-7-20)36-28-22(8-5-13-33-28)29(38)34-16-19-9-11-23(30)24(31)14-19/h2-15,18,27,32H,16-17H2,1H3,(H,33,36)(H,34,38)(H,35,37). The molecule has 0 aliphatic heterocycles. The lowest BCUT2D eigenvalue weighted by atomic mass is 10.1. The fraction of sp³-hybridized carbons (Fsp3) is 0.138. The van der Waals surface area contributed by atoms with Crippen LogP contribution in [0.1, 0.15) is 27.5 Å². The van der Waals surface area contributed by atoms with Crippen LogP contribution >= 0.6 is 0 Å². The summed E-state index contributed by atoms with van der Waals surface area (Å²) in [7, 11) is 1.75. The van der Waals surface area contributed by atoms with E-state index in [0.717, 1.165) is 23.4 Å². The molecule has 200 valence electrons. The van der Waals surface area contributed by atoms with Gasteiger partial charge in [-0.05, 0) is 47.5 Å². The number of ether oxygens (including phenoxy) is 1. The van der Waals surface area contributed by atoms with Crippen LogP contribution in [-0.2, 0) is 11.3 Å². The number of anilines is 3. The second-order valence-corrected chi connectivity index (χ2v) is 8.47. The molecule has 4 N–H and O–H groups in total. The smallest absolute Gasteiger partial charge is 0.255 e. The van der Waals surface area contributed by atoms with Crippen LogP contribution in [0.3, 0.4) is 0 Å². The van der Waals surface area contributed by atoms with E-state index < -0.39 is 23.6 Å². The van der Waals surface area contributed by atoms with Crippen molar-refractivity contribution in [1.82, 2.24) is 10.3 Å². The van der Waals surface area contributed by atoms with E-state index in [2.05, 4.69) is 26.3 Å². The van der Waals surface area contributed by atoms with Crippen LogP contribution in [0.25, 0.3) is 0 Å². The van der Waals surface area contributed by atoms with Crippen LogP contribution < -0.4 is 26.0 Å². The number of benzene rings is 3. The zero-order valence-corrected chi connectivity index (χ0v) is 21.1. The number of hydrogen-bond donors (Lipinski definition) is 4. The van der Waals surface area contributed by atoms with Crippen LogP contribution in [0.15, 0.2) is 85.1 Å². The summed E-state index contributed by atoms with van der Waals surface area (Å²) in [6.07, 6.45) is 2.15. The average Bonchev–Trinajstić information content (AvgIpc) is 2.96. The van der Waals surface area contributed by atoms with Gasteiger partial charge in [0.25, 0.3) is 5.91 Å². The summed E-state index contributed by atoms with van der Waals surface area (Å²) >= 11 is 0. The zero-order valence-electron chi connectivity index (χ0n) is 21.1. The third-order valence-electron chi connectivity index (χ3n) is 5.89. The Hall–Kier alpha value is -4.99. The second kappa shape index (κ2) is 13.0. The molecular weight excluding hydrogens is 504 g/mol. The van der Waals surface area contributed by atoms with Gasteiger partial charge in [-0.1, -0.05) is 36.4 Å². The van der Waals surface area contributed by atoms with Gasteiger partial charge in [0, 0.05) is 25.9 Å². The van der Waals surface area contributed by atoms with Gasteiger partial charge >= 0.3 is 0 Å². The third-order valence-corrected chi connectivity index (χ3v) is 5.89. The first kappa shape index (κ1) is 27.1. The van der Waals surface area contributed by atoms with E-state index in [-0.39, 0.29) is 18.7 Å². The predicted molar refractivity (Wildman–Crippen MR) is 146 cm³/mol. The van der Waals surface area contributed by atoms with E-state index in [4.69, 9.17) is 4.74 Å². The molecule has 1 heterocycles. The Morgan fingerprint density at radius 2 is 1.79 bits per heavy atom. The van der Waals surface area contributed by atoms with Gasteiger partial charge in [0.05, 0.1) is 23.0 Å². The van der Waals surface area contributed by atoms with Gasteiger partial charge in [-0.3, -0.25) is 9.59 Å². The second-order valence-electron chi connectivity index (χ2n) is 8.47. The lowest BCUT2D eigenvalue weighted by Gasteiger charge is -2.22. The SMILES string of the molecule is CNc1ccc(OCC(Nc2ncccc2C(=O)NCc2ccc(F)c(F)c2)c2ccccc2)cc1NC=O. The number of pyridine rings is 1. The van der Waals surface area contributed by atoms with Crippen molar-refractivity contribution in [3.8, 4) is 5.75 Å². The summed E-state index contributed by atoms with van der Waals surface area (Å²) in [6, 6.07) is 21.1. The molecule has 10 heteroatoms. The van der Waals surface area contributed by atoms with Gasteiger partial charge in [0.15, 0.2) is 11.6 Å². The first-order valence-electron chi connectivity index (χ1n) is 12.1. The van der Waals surface area contributed by atoms with Crippen molar-refractivity contribution in [2.24, 2.45) is 0 Å². The predicted octanol–water partition coefficient (Wildman–Crippen LogP) is 5.13. The van der Waals surface area contributed by atoms with Crippen LogP contribution in [0.2, 0.25) is 0 Å². The Labute approximate surface area is 224 Å². The van der Waals surface area contributed by atoms with E-state index in [1.807, 2.05) is 30.3 Å². The van der Waals surface area contributed by atoms with Crippen molar-refractivity contribution in [2.45, 2.75) is 12.6 Å². The highest BCUT2D eigenvalue weighted by Gasteiger charge is 2.19. The number of halogens is 2. The molecule has 1 atom stereocenters. The van der Waals surface area contributed by atoms with Gasteiger partial charge in [0.2, 0.25) is 6.41 Å². The Kier molecular flexibility index (Phi) is 9.02. The van der Waals surface area contributed by atoms with E-state index in [0.29, 0.717) is 29.2 Å².